The van der Waals surface area contributed by atoms with Crippen molar-refractivity contribution in [2.24, 2.45) is 0 Å². The van der Waals surface area contributed by atoms with Gasteiger partial charge in [-0.25, -0.2) is 24.5 Å². The van der Waals surface area contributed by atoms with Crippen LogP contribution in [0.25, 0.3) is 0 Å². The van der Waals surface area contributed by atoms with E-state index < -0.39 is 60.1 Å². The van der Waals surface area contributed by atoms with Crippen molar-refractivity contribution in [2.75, 3.05) is 65.4 Å². The Labute approximate surface area is 389 Å². The number of hydrogen-bond donors (Lipinski definition) is 0. The van der Waals surface area contributed by atoms with Crippen molar-refractivity contribution >= 4 is 91.3 Å². The Kier molecular flexibility index (Phi) is 54.9. The van der Waals surface area contributed by atoms with E-state index in [9.17, 15) is 65.9 Å². The number of rotatable bonds is 10. The predicted octanol–water partition coefficient (Wildman–Crippen LogP) is -9.55. The van der Waals surface area contributed by atoms with Gasteiger partial charge >= 0.3 is 60.1 Å². The highest BCUT2D eigenvalue weighted by Gasteiger charge is 2.51. The summed E-state index contributed by atoms with van der Waals surface area (Å²) in [5.74, 6) is -4.92. The SMILES string of the molecule is CCN(CC)C(=[N+]=S)C(F)(F)F.CCN(CC)C(=[N+]=S)C(F)(F)F.CCN(CC)C(=[N+]=S)C(F)(F)F.CCN(CC)C(=[N+]=S)C(F)(F)F.CCN(CC)C(=[N+]=S)C(F)(F)F.[F-].[F-].[F-].[F-].[F-]. The lowest BCUT2D eigenvalue weighted by Gasteiger charge is -2.12. The van der Waals surface area contributed by atoms with Gasteiger partial charge < -0.3 is 23.5 Å². The second-order valence-corrected chi connectivity index (χ2v) is 11.3. The molecule has 390 valence electrons. The van der Waals surface area contributed by atoms with Crippen LogP contribution in [0.2, 0.25) is 0 Å². The fraction of sp³-hybridized carbons (Fsp3) is 0.833. The minimum absolute atomic E-state index is 0. The van der Waals surface area contributed by atoms with Crippen LogP contribution in [0.4, 0.5) is 65.9 Å². The van der Waals surface area contributed by atoms with Crippen LogP contribution in [-0.2, 0) is 62.1 Å². The summed E-state index contributed by atoms with van der Waals surface area (Å²) in [7, 11) is 0. The van der Waals surface area contributed by atoms with Gasteiger partial charge in [0.25, 0.3) is 62.1 Å². The van der Waals surface area contributed by atoms with E-state index >= 15 is 0 Å². The van der Waals surface area contributed by atoms with Crippen LogP contribution >= 0.6 is 0 Å². The van der Waals surface area contributed by atoms with Gasteiger partial charge in [0.05, 0.1) is 65.4 Å². The second kappa shape index (κ2) is 42.0. The van der Waals surface area contributed by atoms with Gasteiger partial charge in [0.15, 0.2) is 0 Å². The van der Waals surface area contributed by atoms with Crippen LogP contribution in [0.3, 0.4) is 0 Å². The summed E-state index contributed by atoms with van der Waals surface area (Å²) in [6.45, 7) is 18.8. The topological polar surface area (TPSA) is 86.7 Å². The Morgan fingerprint density at radius 3 is 0.354 bits per heavy atom. The highest BCUT2D eigenvalue weighted by molar-refractivity contribution is 7.47. The first kappa shape index (κ1) is 85.0. The lowest BCUT2D eigenvalue weighted by molar-refractivity contribution is -0.0694. The Morgan fingerprint density at radius 2 is 0.338 bits per heavy atom. The second-order valence-electron chi connectivity index (χ2n) is 10.4. The molecule has 0 aliphatic rings. The zero-order chi connectivity index (χ0) is 48.9. The largest absolute Gasteiger partial charge is 1.00 e. The number of hydrogen-bond acceptors (Lipinski definition) is 5. The Morgan fingerprint density at radius 1 is 0.262 bits per heavy atom. The molecule has 0 fully saturated rings. The summed E-state index contributed by atoms with van der Waals surface area (Å²) >= 11 is 20.3. The molecule has 0 heterocycles. The summed E-state index contributed by atoms with van der Waals surface area (Å²) in [5, 5.41) is 0. The molecule has 0 radical (unpaired) electrons. The van der Waals surface area contributed by atoms with Crippen molar-refractivity contribution in [1.29, 1.82) is 0 Å². The molecular weight excluding hydrogens is 1040 g/mol. The molecule has 0 saturated carbocycles. The van der Waals surface area contributed by atoms with Crippen LogP contribution in [0.15, 0.2) is 0 Å². The minimum atomic E-state index is -4.44. The molecule has 0 N–H and O–H groups in total. The third-order valence-electron chi connectivity index (χ3n) is 7.01. The molecule has 0 aliphatic carbocycles. The molecule has 0 aliphatic heterocycles. The summed E-state index contributed by atoms with van der Waals surface area (Å²) in [4.78, 5) is 5.38. The van der Waals surface area contributed by atoms with E-state index in [2.05, 4.69) is 82.3 Å². The van der Waals surface area contributed by atoms with Crippen molar-refractivity contribution in [1.82, 2.24) is 44.7 Å². The molecular formula is C30H50F20N10S5. The van der Waals surface area contributed by atoms with Gasteiger partial charge in [-0.15, -0.1) is 20.2 Å². The summed E-state index contributed by atoms with van der Waals surface area (Å²) in [6, 6.07) is 0. The molecule has 0 bridgehead atoms. The zero-order valence-corrected chi connectivity index (χ0v) is 40.2. The molecule has 65 heavy (non-hydrogen) atoms. The lowest BCUT2D eigenvalue weighted by Crippen LogP contribution is -3.00. The highest BCUT2D eigenvalue weighted by Crippen LogP contribution is 2.20. The number of alkyl halides is 15. The first-order chi connectivity index (χ1) is 27.3. The minimum Gasteiger partial charge on any atom is -1.00 e. The monoisotopic (exact) mass is 1090 g/mol. The summed E-state index contributed by atoms with van der Waals surface area (Å²) in [5.41, 5.74) is 0. The number of halogens is 20. The highest BCUT2D eigenvalue weighted by atomic mass is 32.1. The van der Waals surface area contributed by atoms with E-state index in [0.29, 0.717) is 0 Å². The first-order valence-electron chi connectivity index (χ1n) is 17.5. The molecule has 0 rings (SSSR count). The van der Waals surface area contributed by atoms with E-state index in [0.717, 1.165) is 24.5 Å². The molecule has 0 aromatic carbocycles. The van der Waals surface area contributed by atoms with Crippen LogP contribution < -0.4 is 43.7 Å². The lowest BCUT2D eigenvalue weighted by atomic mass is 10.4. The van der Waals surface area contributed by atoms with E-state index in [1.54, 1.807) is 69.2 Å². The van der Waals surface area contributed by atoms with Crippen molar-refractivity contribution in [3.63, 3.8) is 0 Å². The Balaban J connectivity index is -0.0000000713. The smallest absolute Gasteiger partial charge is 0.513 e. The maximum absolute atomic E-state index is 12.1. The molecule has 0 amide bonds. The Bertz CT molecular complexity index is 1220. The molecule has 0 unspecified atom stereocenters. The van der Waals surface area contributed by atoms with Crippen LogP contribution in [0.5, 0.6) is 0 Å². The van der Waals surface area contributed by atoms with Crippen molar-refractivity contribution < 1.29 is 89.4 Å². The number of amidine groups is 5. The summed E-state index contributed by atoms with van der Waals surface area (Å²) in [6.07, 6.45) is -22.2. The van der Waals surface area contributed by atoms with Gasteiger partial charge in [0.1, 0.15) is 0 Å². The fourth-order valence-corrected chi connectivity index (χ4v) is 5.15. The molecule has 10 nitrogen and oxygen atoms in total. The van der Waals surface area contributed by atoms with Gasteiger partial charge in [0.2, 0.25) is 0 Å². The van der Waals surface area contributed by atoms with Gasteiger partial charge in [-0.2, -0.15) is 65.9 Å². The summed E-state index contributed by atoms with van der Waals surface area (Å²) < 4.78 is 196. The average molecular weight is 1090 g/mol. The van der Waals surface area contributed by atoms with E-state index in [-0.39, 0.29) is 89.0 Å². The maximum Gasteiger partial charge on any atom is 0.513 e. The van der Waals surface area contributed by atoms with Gasteiger partial charge in [0, 0.05) is 0 Å². The van der Waals surface area contributed by atoms with Crippen LogP contribution in [0.1, 0.15) is 69.2 Å². The normalized spacial score (nSPS) is 9.92. The van der Waals surface area contributed by atoms with E-state index in [4.69, 9.17) is 0 Å². The third-order valence-corrected chi connectivity index (χ3v) is 7.88. The molecule has 0 spiro atoms. The standard InChI is InChI=1S/5C6H10F3N2S.5FH/c5*1-3-11(4-2)5(10-12)6(7,8)9;;;;;/h5*3-4H2,1-2H3;5*1H/q5*+1;;;;;/p-5. The molecule has 0 saturated heterocycles. The molecule has 0 aromatic rings. The van der Waals surface area contributed by atoms with Crippen LogP contribution in [0, 0.1) is 0 Å². The average Bonchev–Trinajstić information content (AvgIpc) is 3.14. The molecule has 0 aromatic heterocycles. The van der Waals surface area contributed by atoms with Gasteiger partial charge in [-0.1, -0.05) is 0 Å². The van der Waals surface area contributed by atoms with E-state index in [1.807, 2.05) is 0 Å². The van der Waals surface area contributed by atoms with Crippen LogP contribution in [-0.4, -0.2) is 150 Å². The third kappa shape index (κ3) is 35.5. The van der Waals surface area contributed by atoms with Crippen molar-refractivity contribution in [3.05, 3.63) is 0 Å². The first-order valence-corrected chi connectivity index (χ1v) is 19.3. The molecule has 0 atom stereocenters. The van der Waals surface area contributed by atoms with Gasteiger partial charge in [-0.05, 0) is 69.2 Å². The maximum atomic E-state index is 12.1. The molecule has 35 heteroatoms. The number of nitrogens with zero attached hydrogens (tertiary/aromatic N) is 10. The zero-order valence-electron chi connectivity index (χ0n) is 36.1. The Hall–Kier alpha value is -3.40. The van der Waals surface area contributed by atoms with E-state index in [1.165, 1.54) is 0 Å². The van der Waals surface area contributed by atoms with Crippen molar-refractivity contribution in [2.45, 2.75) is 100 Å². The quantitative estimate of drug-likeness (QED) is 0.0912. The van der Waals surface area contributed by atoms with Gasteiger partial charge in [-0.3, -0.25) is 0 Å². The predicted molar refractivity (Wildman–Crippen MR) is 217 cm³/mol. The van der Waals surface area contributed by atoms with Crippen molar-refractivity contribution in [3.8, 4) is 0 Å². The fourth-order valence-electron chi connectivity index (χ4n) is 4.06.